The van der Waals surface area contributed by atoms with Gasteiger partial charge in [0, 0.05) is 25.0 Å². The monoisotopic (exact) mass is 252 g/mol. The number of hydrogen-bond acceptors (Lipinski definition) is 2. The van der Waals surface area contributed by atoms with Crippen LogP contribution in [-0.2, 0) is 11.3 Å². The van der Waals surface area contributed by atoms with Crippen LogP contribution < -0.4 is 10.6 Å². The fourth-order valence-corrected chi connectivity index (χ4v) is 1.49. The van der Waals surface area contributed by atoms with Gasteiger partial charge in [-0.25, -0.2) is 4.39 Å². The fraction of sp³-hybridized carbons (Fsp3) is 0.500. The summed E-state index contributed by atoms with van der Waals surface area (Å²) in [5.74, 6) is -0.313. The van der Waals surface area contributed by atoms with E-state index in [1.165, 1.54) is 12.1 Å². The topological polar surface area (TPSA) is 41.1 Å². The Morgan fingerprint density at radius 2 is 2.06 bits per heavy atom. The van der Waals surface area contributed by atoms with E-state index in [-0.39, 0.29) is 17.3 Å². The lowest BCUT2D eigenvalue weighted by Crippen LogP contribution is -2.38. The third kappa shape index (κ3) is 6.35. The van der Waals surface area contributed by atoms with Crippen LogP contribution >= 0.6 is 0 Å². The van der Waals surface area contributed by atoms with Crippen LogP contribution in [-0.4, -0.2) is 18.0 Å². The first-order chi connectivity index (χ1) is 8.37. The van der Waals surface area contributed by atoms with E-state index in [1.807, 2.05) is 0 Å². The van der Waals surface area contributed by atoms with E-state index in [0.717, 1.165) is 5.56 Å². The lowest BCUT2D eigenvalue weighted by atomic mass is 10.1. The quantitative estimate of drug-likeness (QED) is 0.843. The Bertz CT molecular complexity index is 399. The normalized spacial score (nSPS) is 11.3. The van der Waals surface area contributed by atoms with E-state index in [0.29, 0.717) is 19.5 Å². The molecule has 0 saturated heterocycles. The van der Waals surface area contributed by atoms with Crippen LogP contribution in [0.2, 0.25) is 0 Å². The van der Waals surface area contributed by atoms with E-state index in [9.17, 15) is 9.18 Å². The molecule has 0 aliphatic heterocycles. The number of rotatable bonds is 5. The van der Waals surface area contributed by atoms with E-state index in [1.54, 1.807) is 12.1 Å². The van der Waals surface area contributed by atoms with Gasteiger partial charge < -0.3 is 10.6 Å². The summed E-state index contributed by atoms with van der Waals surface area (Å²) in [6.45, 7) is 7.16. The average molecular weight is 252 g/mol. The van der Waals surface area contributed by atoms with Crippen LogP contribution in [0.25, 0.3) is 0 Å². The Labute approximate surface area is 108 Å². The van der Waals surface area contributed by atoms with Gasteiger partial charge in [-0.05, 0) is 38.5 Å². The zero-order chi connectivity index (χ0) is 13.6. The zero-order valence-electron chi connectivity index (χ0n) is 11.2. The molecule has 0 bridgehead atoms. The van der Waals surface area contributed by atoms with Crippen molar-refractivity contribution < 1.29 is 9.18 Å². The molecule has 0 aliphatic rings. The van der Waals surface area contributed by atoms with E-state index in [4.69, 9.17) is 0 Å². The molecule has 0 heterocycles. The number of carbonyl (C=O) groups is 1. The molecule has 1 amide bonds. The van der Waals surface area contributed by atoms with Gasteiger partial charge in [-0.3, -0.25) is 4.79 Å². The Morgan fingerprint density at radius 3 is 2.67 bits per heavy atom. The molecule has 100 valence electrons. The summed E-state index contributed by atoms with van der Waals surface area (Å²) in [6, 6.07) is 6.24. The molecule has 1 rings (SSSR count). The molecule has 18 heavy (non-hydrogen) atoms. The molecular formula is C14H21FN2O. The van der Waals surface area contributed by atoms with E-state index < -0.39 is 0 Å². The summed E-state index contributed by atoms with van der Waals surface area (Å²) in [6.07, 6.45) is 0.423. The molecule has 0 spiro atoms. The van der Waals surface area contributed by atoms with Gasteiger partial charge in [0.1, 0.15) is 5.82 Å². The number of carbonyl (C=O) groups excluding carboxylic acids is 1. The van der Waals surface area contributed by atoms with Gasteiger partial charge in [-0.1, -0.05) is 12.1 Å². The molecule has 0 fully saturated rings. The zero-order valence-corrected chi connectivity index (χ0v) is 11.2. The molecule has 2 N–H and O–H groups in total. The van der Waals surface area contributed by atoms with Crippen LogP contribution in [0.15, 0.2) is 24.3 Å². The van der Waals surface area contributed by atoms with Gasteiger partial charge >= 0.3 is 0 Å². The second-order valence-corrected chi connectivity index (χ2v) is 5.33. The van der Waals surface area contributed by atoms with Gasteiger partial charge in [-0.15, -0.1) is 0 Å². The maximum atomic E-state index is 12.9. The summed E-state index contributed by atoms with van der Waals surface area (Å²) in [5, 5.41) is 6.01. The third-order valence-corrected chi connectivity index (χ3v) is 2.39. The van der Waals surface area contributed by atoms with Crippen molar-refractivity contribution in [3.8, 4) is 0 Å². The minimum atomic E-state index is -0.281. The van der Waals surface area contributed by atoms with Crippen molar-refractivity contribution >= 4 is 5.91 Å². The van der Waals surface area contributed by atoms with Crippen LogP contribution in [0.4, 0.5) is 4.39 Å². The van der Waals surface area contributed by atoms with Crippen molar-refractivity contribution in [1.82, 2.24) is 10.6 Å². The highest BCUT2D eigenvalue weighted by Gasteiger charge is 2.09. The minimum absolute atomic E-state index is 0.0167. The summed E-state index contributed by atoms with van der Waals surface area (Å²) in [4.78, 5) is 11.5. The molecule has 0 aromatic heterocycles. The van der Waals surface area contributed by atoms with Crippen molar-refractivity contribution in [1.29, 1.82) is 0 Å². The second-order valence-electron chi connectivity index (χ2n) is 5.33. The molecular weight excluding hydrogens is 231 g/mol. The fourth-order valence-electron chi connectivity index (χ4n) is 1.49. The first-order valence-corrected chi connectivity index (χ1v) is 6.13. The Morgan fingerprint density at radius 1 is 1.33 bits per heavy atom. The van der Waals surface area contributed by atoms with Gasteiger partial charge in [0.2, 0.25) is 5.91 Å². The number of hydrogen-bond donors (Lipinski definition) is 2. The molecule has 0 atom stereocenters. The third-order valence-electron chi connectivity index (χ3n) is 2.39. The van der Waals surface area contributed by atoms with Gasteiger partial charge in [0.15, 0.2) is 0 Å². The molecule has 0 aliphatic carbocycles. The van der Waals surface area contributed by atoms with Crippen molar-refractivity contribution in [2.24, 2.45) is 0 Å². The summed E-state index contributed by atoms with van der Waals surface area (Å²) < 4.78 is 12.9. The maximum absolute atomic E-state index is 12.9. The first-order valence-electron chi connectivity index (χ1n) is 6.13. The Hall–Kier alpha value is -1.42. The SMILES string of the molecule is CC(C)(C)NCCC(=O)NCc1cccc(F)c1. The van der Waals surface area contributed by atoms with E-state index >= 15 is 0 Å². The van der Waals surface area contributed by atoms with Crippen LogP contribution in [0.5, 0.6) is 0 Å². The molecule has 1 aromatic carbocycles. The largest absolute Gasteiger partial charge is 0.352 e. The molecule has 4 heteroatoms. The number of halogens is 1. The summed E-state index contributed by atoms with van der Waals surface area (Å²) in [5.41, 5.74) is 0.787. The van der Waals surface area contributed by atoms with Gasteiger partial charge in [0.05, 0.1) is 0 Å². The summed E-state index contributed by atoms with van der Waals surface area (Å²) >= 11 is 0. The molecule has 3 nitrogen and oxygen atoms in total. The summed E-state index contributed by atoms with van der Waals surface area (Å²) in [7, 11) is 0. The predicted molar refractivity (Wildman–Crippen MR) is 70.6 cm³/mol. The van der Waals surface area contributed by atoms with Gasteiger partial charge in [-0.2, -0.15) is 0 Å². The van der Waals surface area contributed by atoms with Crippen molar-refractivity contribution in [2.45, 2.75) is 39.3 Å². The Balaban J connectivity index is 2.25. The standard InChI is InChI=1S/C14H21FN2O/c1-14(2,3)17-8-7-13(18)16-10-11-5-4-6-12(15)9-11/h4-6,9,17H,7-8,10H2,1-3H3,(H,16,18). The van der Waals surface area contributed by atoms with Crippen LogP contribution in [0, 0.1) is 5.82 Å². The average Bonchev–Trinajstić information content (AvgIpc) is 2.25. The molecule has 1 aromatic rings. The number of nitrogens with one attached hydrogen (secondary N) is 2. The highest BCUT2D eigenvalue weighted by atomic mass is 19.1. The Kier molecular flexibility index (Phi) is 5.28. The van der Waals surface area contributed by atoms with Crippen molar-refractivity contribution in [3.05, 3.63) is 35.6 Å². The lowest BCUT2D eigenvalue weighted by molar-refractivity contribution is -0.121. The highest BCUT2D eigenvalue weighted by Crippen LogP contribution is 2.03. The van der Waals surface area contributed by atoms with E-state index in [2.05, 4.69) is 31.4 Å². The first kappa shape index (κ1) is 14.6. The minimum Gasteiger partial charge on any atom is -0.352 e. The molecule has 0 unspecified atom stereocenters. The van der Waals surface area contributed by atoms with Crippen molar-refractivity contribution in [2.75, 3.05) is 6.54 Å². The lowest BCUT2D eigenvalue weighted by Gasteiger charge is -2.20. The number of amides is 1. The number of benzene rings is 1. The van der Waals surface area contributed by atoms with Crippen LogP contribution in [0.3, 0.4) is 0 Å². The second kappa shape index (κ2) is 6.50. The maximum Gasteiger partial charge on any atom is 0.221 e. The predicted octanol–water partition coefficient (Wildman–Crippen LogP) is 2.22. The van der Waals surface area contributed by atoms with Crippen LogP contribution in [0.1, 0.15) is 32.8 Å². The molecule has 0 radical (unpaired) electrons. The smallest absolute Gasteiger partial charge is 0.221 e. The highest BCUT2D eigenvalue weighted by molar-refractivity contribution is 5.76. The molecule has 0 saturated carbocycles. The van der Waals surface area contributed by atoms with Crippen molar-refractivity contribution in [3.63, 3.8) is 0 Å². The van der Waals surface area contributed by atoms with Gasteiger partial charge in [0.25, 0.3) is 0 Å².